The molecule has 0 radical (unpaired) electrons. The Morgan fingerprint density at radius 3 is 2.50 bits per heavy atom. The zero-order valence-corrected chi connectivity index (χ0v) is 21.8. The van der Waals surface area contributed by atoms with Crippen molar-refractivity contribution in [2.24, 2.45) is 5.92 Å². The molecule has 1 amide bonds. The van der Waals surface area contributed by atoms with Crippen molar-refractivity contribution in [3.05, 3.63) is 35.9 Å². The highest BCUT2D eigenvalue weighted by atomic mass is 32.2. The number of carbonyl (C=O) groups excluding carboxylic acids is 1. The summed E-state index contributed by atoms with van der Waals surface area (Å²) in [5.74, 6) is 0.0612. The van der Waals surface area contributed by atoms with E-state index in [0.29, 0.717) is 43.3 Å². The molecule has 2 heterocycles. The Morgan fingerprint density at radius 2 is 1.89 bits per heavy atom. The summed E-state index contributed by atoms with van der Waals surface area (Å²) in [6, 6.07) is 9.61. The first kappa shape index (κ1) is 26.1. The number of nitriles is 1. The molecule has 10 heteroatoms. The number of nitrogens with one attached hydrogen (secondary N) is 1. The second kappa shape index (κ2) is 10.2. The van der Waals surface area contributed by atoms with Gasteiger partial charge in [-0.3, -0.25) is 4.79 Å². The molecule has 0 bridgehead atoms. The molecular formula is C26H33FN4O4S. The maximum atomic E-state index is 14.4. The van der Waals surface area contributed by atoms with Crippen LogP contribution < -0.4 is 10.2 Å². The van der Waals surface area contributed by atoms with Gasteiger partial charge in [0.1, 0.15) is 12.7 Å². The van der Waals surface area contributed by atoms with Crippen LogP contribution >= 0.6 is 0 Å². The average molecular weight is 517 g/mol. The summed E-state index contributed by atoms with van der Waals surface area (Å²) in [6.07, 6.45) is -0.213. The number of anilines is 1. The van der Waals surface area contributed by atoms with Crippen molar-refractivity contribution in [1.29, 1.82) is 5.26 Å². The van der Waals surface area contributed by atoms with Crippen molar-refractivity contribution >= 4 is 21.4 Å². The Kier molecular flexibility index (Phi) is 7.41. The van der Waals surface area contributed by atoms with E-state index in [9.17, 15) is 17.6 Å². The van der Waals surface area contributed by atoms with E-state index in [0.717, 1.165) is 11.3 Å². The van der Waals surface area contributed by atoms with Crippen LogP contribution in [0.2, 0.25) is 0 Å². The molecule has 1 aromatic heterocycles. The average Bonchev–Trinajstić information content (AvgIpc) is 3.28. The van der Waals surface area contributed by atoms with Gasteiger partial charge < -0.3 is 14.6 Å². The van der Waals surface area contributed by atoms with Crippen molar-refractivity contribution in [3.63, 3.8) is 0 Å². The molecule has 0 spiro atoms. The largest absolute Gasteiger partial charge is 0.440 e. The number of rotatable bonds is 5. The van der Waals surface area contributed by atoms with Crippen molar-refractivity contribution < 1.29 is 22.0 Å². The first-order chi connectivity index (χ1) is 17.0. The molecule has 2 fully saturated rings. The van der Waals surface area contributed by atoms with Crippen molar-refractivity contribution in [2.75, 3.05) is 36.0 Å². The second-order valence-electron chi connectivity index (χ2n) is 10.7. The lowest BCUT2D eigenvalue weighted by atomic mass is 9.75. The smallest absolute Gasteiger partial charge is 0.224 e. The van der Waals surface area contributed by atoms with E-state index in [4.69, 9.17) is 14.7 Å². The van der Waals surface area contributed by atoms with Gasteiger partial charge in [0.25, 0.3) is 0 Å². The molecule has 36 heavy (non-hydrogen) atoms. The number of amides is 1. The van der Waals surface area contributed by atoms with Gasteiger partial charge in [0, 0.05) is 41.6 Å². The zero-order valence-electron chi connectivity index (χ0n) is 21.0. The van der Waals surface area contributed by atoms with E-state index >= 15 is 0 Å². The van der Waals surface area contributed by atoms with Crippen LogP contribution in [0.4, 0.5) is 10.1 Å². The Bertz CT molecular complexity index is 1230. The molecule has 1 aliphatic heterocycles. The van der Waals surface area contributed by atoms with E-state index in [1.807, 2.05) is 56.0 Å². The van der Waals surface area contributed by atoms with Gasteiger partial charge in [-0.25, -0.2) is 17.8 Å². The molecule has 1 saturated carbocycles. The lowest BCUT2D eigenvalue weighted by Crippen LogP contribution is -2.40. The Labute approximate surface area is 211 Å². The highest BCUT2D eigenvalue weighted by molar-refractivity contribution is 7.91. The molecule has 8 nitrogen and oxygen atoms in total. The minimum absolute atomic E-state index is 0.0793. The van der Waals surface area contributed by atoms with Crippen LogP contribution in [0.5, 0.6) is 0 Å². The maximum Gasteiger partial charge on any atom is 0.224 e. The quantitative estimate of drug-likeness (QED) is 0.602. The third-order valence-corrected chi connectivity index (χ3v) is 8.56. The molecule has 1 N–H and O–H groups in total. The number of hydrogen-bond acceptors (Lipinski definition) is 7. The molecule has 4 rings (SSSR count). The Balaban J connectivity index is 1.68. The Morgan fingerprint density at radius 1 is 1.22 bits per heavy atom. The lowest BCUT2D eigenvalue weighted by Gasteiger charge is -2.31. The van der Waals surface area contributed by atoms with Crippen LogP contribution in [0.15, 0.2) is 28.7 Å². The number of hydrogen-bond donors (Lipinski definition) is 1. The first-order valence-corrected chi connectivity index (χ1v) is 14.2. The van der Waals surface area contributed by atoms with Crippen LogP contribution in [0.3, 0.4) is 0 Å². The van der Waals surface area contributed by atoms with Crippen LogP contribution in [0.25, 0.3) is 11.3 Å². The maximum absolute atomic E-state index is 14.4. The Hall–Kier alpha value is -2.93. The fourth-order valence-corrected chi connectivity index (χ4v) is 6.10. The van der Waals surface area contributed by atoms with E-state index in [1.54, 1.807) is 0 Å². The summed E-state index contributed by atoms with van der Waals surface area (Å²) in [6.45, 7) is 6.77. The van der Waals surface area contributed by atoms with Gasteiger partial charge in [-0.05, 0) is 43.5 Å². The van der Waals surface area contributed by atoms with Gasteiger partial charge in [0.15, 0.2) is 15.6 Å². The SMILES string of the molecule is CC(C)(C)c1nc([C@@H]2CC[C@H](F)C[C@H]2C(=O)NCC#N)c(-c2ccc(N3CCS(=O)(=O)CC3)cc2)o1. The molecular weight excluding hydrogens is 483 g/mol. The number of sulfone groups is 1. The minimum atomic E-state index is -2.97. The number of halogens is 1. The summed E-state index contributed by atoms with van der Waals surface area (Å²) < 4.78 is 44.2. The number of oxazole rings is 1. The predicted octanol–water partition coefficient (Wildman–Crippen LogP) is 3.74. The van der Waals surface area contributed by atoms with Crippen molar-refractivity contribution in [3.8, 4) is 17.4 Å². The predicted molar refractivity (Wildman–Crippen MR) is 135 cm³/mol. The van der Waals surface area contributed by atoms with Gasteiger partial charge >= 0.3 is 0 Å². The number of aromatic nitrogens is 1. The van der Waals surface area contributed by atoms with E-state index in [1.165, 1.54) is 0 Å². The molecule has 1 saturated heterocycles. The number of nitrogens with zero attached hydrogens (tertiary/aromatic N) is 3. The van der Waals surface area contributed by atoms with Crippen LogP contribution in [-0.4, -0.2) is 56.6 Å². The highest BCUT2D eigenvalue weighted by Gasteiger charge is 2.40. The third kappa shape index (κ3) is 5.72. The summed E-state index contributed by atoms with van der Waals surface area (Å²) in [5.41, 5.74) is 1.99. The van der Waals surface area contributed by atoms with Gasteiger partial charge in [0.05, 0.1) is 23.3 Å². The monoisotopic (exact) mass is 516 g/mol. The van der Waals surface area contributed by atoms with Crippen molar-refractivity contribution in [2.45, 2.75) is 57.5 Å². The van der Waals surface area contributed by atoms with Gasteiger partial charge in [-0.1, -0.05) is 20.8 Å². The van der Waals surface area contributed by atoms with Gasteiger partial charge in [-0.2, -0.15) is 5.26 Å². The number of benzene rings is 1. The van der Waals surface area contributed by atoms with Crippen LogP contribution in [0, 0.1) is 17.2 Å². The second-order valence-corrected chi connectivity index (χ2v) is 13.0. The lowest BCUT2D eigenvalue weighted by molar-refractivity contribution is -0.127. The topological polar surface area (TPSA) is 116 Å². The number of carbonyl (C=O) groups is 1. The summed E-state index contributed by atoms with van der Waals surface area (Å²) in [5, 5.41) is 11.5. The van der Waals surface area contributed by atoms with Gasteiger partial charge in [0.2, 0.25) is 11.8 Å². The normalized spacial score (nSPS) is 24.2. The van der Waals surface area contributed by atoms with Gasteiger partial charge in [-0.15, -0.1) is 0 Å². The summed E-state index contributed by atoms with van der Waals surface area (Å²) in [7, 11) is -2.97. The molecule has 1 aromatic carbocycles. The molecule has 2 aliphatic rings. The third-order valence-electron chi connectivity index (χ3n) is 6.95. The first-order valence-electron chi connectivity index (χ1n) is 12.3. The highest BCUT2D eigenvalue weighted by Crippen LogP contribution is 2.44. The van der Waals surface area contributed by atoms with E-state index in [-0.39, 0.29) is 41.7 Å². The fourth-order valence-electron chi connectivity index (χ4n) is 4.90. The fraction of sp³-hybridized carbons (Fsp3) is 0.577. The molecule has 194 valence electrons. The molecule has 0 unspecified atom stereocenters. The molecule has 3 atom stereocenters. The van der Waals surface area contributed by atoms with Crippen molar-refractivity contribution in [1.82, 2.24) is 10.3 Å². The minimum Gasteiger partial charge on any atom is -0.440 e. The molecule has 1 aliphatic carbocycles. The zero-order chi connectivity index (χ0) is 26.1. The van der Waals surface area contributed by atoms with Crippen LogP contribution in [-0.2, 0) is 20.0 Å². The van der Waals surface area contributed by atoms with E-state index < -0.39 is 21.9 Å². The summed E-state index contributed by atoms with van der Waals surface area (Å²) in [4.78, 5) is 19.8. The summed E-state index contributed by atoms with van der Waals surface area (Å²) >= 11 is 0. The molecule has 2 aromatic rings. The van der Waals surface area contributed by atoms with E-state index in [2.05, 4.69) is 5.32 Å². The van der Waals surface area contributed by atoms with Crippen LogP contribution in [0.1, 0.15) is 57.5 Å². The number of alkyl halides is 1. The standard InChI is InChI=1S/C26H33FN4O4S/c1-26(2,3)25-30-22(20-9-6-18(27)16-21(20)24(32)29-11-10-28)23(35-25)17-4-7-19(8-5-17)31-12-14-36(33,34)15-13-31/h4-5,7-8,18,20-21H,6,9,11-16H2,1-3H3,(H,29,32)/t18-,20+,21+/m0/s1.